The van der Waals surface area contributed by atoms with Crippen LogP contribution in [0.3, 0.4) is 0 Å². The summed E-state index contributed by atoms with van der Waals surface area (Å²) in [5, 5.41) is 39.6. The molecule has 0 spiro atoms. The Labute approximate surface area is 105 Å². The molecule has 0 saturated heterocycles. The Morgan fingerprint density at radius 1 is 0.833 bits per heavy atom. The summed E-state index contributed by atoms with van der Waals surface area (Å²) in [6, 6.07) is 0. The maximum absolute atomic E-state index is 10.6. The van der Waals surface area contributed by atoms with Crippen molar-refractivity contribution in [1.29, 1.82) is 0 Å². The van der Waals surface area contributed by atoms with Crippen molar-refractivity contribution < 1.29 is 30.0 Å². The second-order valence-corrected chi connectivity index (χ2v) is 4.38. The Kier molecular flexibility index (Phi) is 8.07. The molecule has 106 valence electrons. The monoisotopic (exact) mass is 264 g/mol. The minimum Gasteiger partial charge on any atom is -0.479 e. The fraction of sp³-hybridized carbons (Fsp3) is 0.800. The van der Waals surface area contributed by atoms with Gasteiger partial charge in [0.25, 0.3) is 0 Å². The van der Waals surface area contributed by atoms with Crippen molar-refractivity contribution in [2.45, 2.75) is 38.8 Å². The summed E-state index contributed by atoms with van der Waals surface area (Å²) >= 11 is 0. The SMILES string of the molecule is CC(C)(N=NC(C)(C)C(=O)O)C(=O)O.OCCO. The molecule has 0 aromatic rings. The van der Waals surface area contributed by atoms with Gasteiger partial charge < -0.3 is 20.4 Å². The molecule has 4 N–H and O–H groups in total. The second-order valence-electron chi connectivity index (χ2n) is 4.38. The minimum absolute atomic E-state index is 0.125. The number of nitrogens with zero attached hydrogens (tertiary/aromatic N) is 2. The number of aliphatic carboxylic acids is 2. The van der Waals surface area contributed by atoms with Crippen LogP contribution >= 0.6 is 0 Å². The van der Waals surface area contributed by atoms with Crippen LogP contribution in [-0.2, 0) is 9.59 Å². The first-order chi connectivity index (χ1) is 8.01. The third kappa shape index (κ3) is 7.69. The molecule has 8 nitrogen and oxygen atoms in total. The first-order valence-corrected chi connectivity index (χ1v) is 5.14. The number of hydrogen-bond acceptors (Lipinski definition) is 6. The van der Waals surface area contributed by atoms with E-state index in [0.717, 1.165) is 0 Å². The largest absolute Gasteiger partial charge is 0.479 e. The number of carboxylic acid groups (broad SMARTS) is 2. The van der Waals surface area contributed by atoms with Crippen molar-refractivity contribution in [3.63, 3.8) is 0 Å². The van der Waals surface area contributed by atoms with Crippen LogP contribution in [-0.4, -0.2) is 56.7 Å². The van der Waals surface area contributed by atoms with E-state index in [0.29, 0.717) is 0 Å². The Morgan fingerprint density at radius 2 is 1.06 bits per heavy atom. The third-order valence-corrected chi connectivity index (χ3v) is 1.70. The smallest absolute Gasteiger partial charge is 0.332 e. The normalized spacial score (nSPS) is 11.9. The number of hydrogen-bond donors (Lipinski definition) is 4. The van der Waals surface area contributed by atoms with E-state index in [9.17, 15) is 9.59 Å². The molecule has 0 heterocycles. The van der Waals surface area contributed by atoms with E-state index in [1.54, 1.807) is 0 Å². The summed E-state index contributed by atoms with van der Waals surface area (Å²) in [5.74, 6) is -2.30. The molecule has 0 fully saturated rings. The lowest BCUT2D eigenvalue weighted by Gasteiger charge is -2.16. The molecule has 0 aliphatic carbocycles. The zero-order chi connectivity index (χ0) is 15.0. The van der Waals surface area contributed by atoms with E-state index in [1.165, 1.54) is 27.7 Å². The molecule has 0 rings (SSSR count). The molecule has 0 unspecified atom stereocenters. The van der Waals surface area contributed by atoms with Crippen molar-refractivity contribution in [3.8, 4) is 0 Å². The minimum atomic E-state index is -1.40. The topological polar surface area (TPSA) is 140 Å². The second kappa shape index (κ2) is 7.72. The van der Waals surface area contributed by atoms with Crippen LogP contribution in [0.5, 0.6) is 0 Å². The molecule has 0 aromatic heterocycles. The molecular formula is C10H20N2O6. The molecule has 0 aliphatic heterocycles. The van der Waals surface area contributed by atoms with Gasteiger partial charge in [0, 0.05) is 0 Å². The van der Waals surface area contributed by atoms with Crippen molar-refractivity contribution in [3.05, 3.63) is 0 Å². The Morgan fingerprint density at radius 3 is 1.17 bits per heavy atom. The molecule has 0 amide bonds. The lowest BCUT2D eigenvalue weighted by molar-refractivity contribution is -0.144. The molecule has 0 aromatic carbocycles. The molecule has 18 heavy (non-hydrogen) atoms. The van der Waals surface area contributed by atoms with Crippen molar-refractivity contribution in [2.75, 3.05) is 13.2 Å². The maximum Gasteiger partial charge on any atom is 0.332 e. The third-order valence-electron chi connectivity index (χ3n) is 1.70. The zero-order valence-corrected chi connectivity index (χ0v) is 10.9. The van der Waals surface area contributed by atoms with Gasteiger partial charge in [-0.15, -0.1) is 0 Å². The average Bonchev–Trinajstić information content (AvgIpc) is 2.26. The molecule has 8 heteroatoms. The van der Waals surface area contributed by atoms with Crippen molar-refractivity contribution in [1.82, 2.24) is 0 Å². The summed E-state index contributed by atoms with van der Waals surface area (Å²) in [5.41, 5.74) is -2.79. The van der Waals surface area contributed by atoms with Gasteiger partial charge in [-0.1, -0.05) is 0 Å². The van der Waals surface area contributed by atoms with Gasteiger partial charge in [0.1, 0.15) is 0 Å². The number of carboxylic acids is 2. The van der Waals surface area contributed by atoms with Gasteiger partial charge in [-0.05, 0) is 27.7 Å². The molecule has 0 aliphatic rings. The summed E-state index contributed by atoms with van der Waals surface area (Å²) in [6.45, 7) is 5.13. The molecule has 0 atom stereocenters. The van der Waals surface area contributed by atoms with Crippen LogP contribution in [0.1, 0.15) is 27.7 Å². The highest BCUT2D eigenvalue weighted by Gasteiger charge is 2.31. The van der Waals surface area contributed by atoms with Crippen LogP contribution in [0.4, 0.5) is 0 Å². The van der Waals surface area contributed by atoms with Crippen molar-refractivity contribution in [2.24, 2.45) is 10.2 Å². The zero-order valence-electron chi connectivity index (χ0n) is 10.9. The quantitative estimate of drug-likeness (QED) is 0.520. The van der Waals surface area contributed by atoms with Gasteiger partial charge >= 0.3 is 11.9 Å². The lowest BCUT2D eigenvalue weighted by Crippen LogP contribution is -2.32. The van der Waals surface area contributed by atoms with E-state index in [1.807, 2.05) is 0 Å². The van der Waals surface area contributed by atoms with Crippen molar-refractivity contribution >= 4 is 11.9 Å². The molecule has 0 saturated carbocycles. The van der Waals surface area contributed by atoms with Gasteiger partial charge in [0.15, 0.2) is 11.1 Å². The Balaban J connectivity index is 0. The van der Waals surface area contributed by atoms with E-state index >= 15 is 0 Å². The molecular weight excluding hydrogens is 244 g/mol. The number of azo groups is 1. The van der Waals surface area contributed by atoms with Crippen LogP contribution in [0.15, 0.2) is 10.2 Å². The van der Waals surface area contributed by atoms with E-state index in [2.05, 4.69) is 10.2 Å². The van der Waals surface area contributed by atoms with Crippen LogP contribution in [0.25, 0.3) is 0 Å². The summed E-state index contributed by atoms with van der Waals surface area (Å²) in [4.78, 5) is 21.2. The van der Waals surface area contributed by atoms with Gasteiger partial charge in [0.05, 0.1) is 13.2 Å². The molecule has 0 radical (unpaired) electrons. The van der Waals surface area contributed by atoms with Gasteiger partial charge in [0.2, 0.25) is 0 Å². The fourth-order valence-corrected chi connectivity index (χ4v) is 0.336. The van der Waals surface area contributed by atoms with E-state index < -0.39 is 23.0 Å². The summed E-state index contributed by atoms with van der Waals surface area (Å²) in [7, 11) is 0. The van der Waals surface area contributed by atoms with Crippen LogP contribution in [0.2, 0.25) is 0 Å². The number of aliphatic hydroxyl groups excluding tert-OH is 2. The highest BCUT2D eigenvalue weighted by molar-refractivity contribution is 5.79. The van der Waals surface area contributed by atoms with Crippen LogP contribution in [0, 0.1) is 0 Å². The number of rotatable bonds is 5. The van der Waals surface area contributed by atoms with Gasteiger partial charge in [-0.3, -0.25) is 0 Å². The summed E-state index contributed by atoms with van der Waals surface area (Å²) in [6.07, 6.45) is 0. The van der Waals surface area contributed by atoms with E-state index in [-0.39, 0.29) is 13.2 Å². The first kappa shape index (κ1) is 18.8. The predicted octanol–water partition coefficient (Wildman–Crippen LogP) is 0.136. The van der Waals surface area contributed by atoms with Gasteiger partial charge in [-0.2, -0.15) is 10.2 Å². The maximum atomic E-state index is 10.6. The highest BCUT2D eigenvalue weighted by Crippen LogP contribution is 2.15. The summed E-state index contributed by atoms with van der Waals surface area (Å²) < 4.78 is 0. The highest BCUT2D eigenvalue weighted by atomic mass is 16.4. The number of carbonyl (C=O) groups is 2. The average molecular weight is 264 g/mol. The first-order valence-electron chi connectivity index (χ1n) is 5.14. The fourth-order valence-electron chi connectivity index (χ4n) is 0.336. The molecule has 0 bridgehead atoms. The van der Waals surface area contributed by atoms with Crippen LogP contribution < -0.4 is 0 Å². The standard InChI is InChI=1S/C8H14N2O4.C2H6O2/c1-7(2,5(11)12)9-10-8(3,4)6(13)14;3-1-2-4/h1-4H3,(H,11,12)(H,13,14);3-4H,1-2H2. The van der Waals surface area contributed by atoms with E-state index in [4.69, 9.17) is 20.4 Å². The van der Waals surface area contributed by atoms with Gasteiger partial charge in [-0.25, -0.2) is 9.59 Å². The number of aliphatic hydroxyl groups is 2. The lowest BCUT2D eigenvalue weighted by atomic mass is 10.1. The predicted molar refractivity (Wildman–Crippen MR) is 62.5 cm³/mol. The Hall–Kier alpha value is -1.54. The Bertz CT molecular complexity index is 281.